The van der Waals surface area contributed by atoms with Crippen LogP contribution in [0.4, 0.5) is 0 Å². The van der Waals surface area contributed by atoms with Crippen molar-refractivity contribution in [3.05, 3.63) is 17.5 Å². The third-order valence-electron chi connectivity index (χ3n) is 1.95. The highest BCUT2D eigenvalue weighted by molar-refractivity contribution is 5.12. The van der Waals surface area contributed by atoms with Crippen molar-refractivity contribution in [3.63, 3.8) is 0 Å². The Morgan fingerprint density at radius 3 is 2.58 bits per heavy atom. The number of aliphatic hydroxyl groups is 1. The van der Waals surface area contributed by atoms with E-state index in [0.29, 0.717) is 0 Å². The fraction of sp³-hybridized carbons (Fsp3) is 0.667. The van der Waals surface area contributed by atoms with E-state index in [9.17, 15) is 5.11 Å². The van der Waals surface area contributed by atoms with Gasteiger partial charge in [0, 0.05) is 6.54 Å². The summed E-state index contributed by atoms with van der Waals surface area (Å²) in [4.78, 5) is 0. The molecule has 0 saturated heterocycles. The van der Waals surface area contributed by atoms with Crippen LogP contribution < -0.4 is 0 Å². The number of aryl methyl sites for hydroxylation is 2. The average Bonchev–Trinajstić information content (AvgIpc) is 2.47. The van der Waals surface area contributed by atoms with E-state index >= 15 is 0 Å². The average molecular weight is 168 g/mol. The zero-order valence-corrected chi connectivity index (χ0v) is 7.91. The van der Waals surface area contributed by atoms with Crippen LogP contribution in [0.2, 0.25) is 0 Å². The minimum Gasteiger partial charge on any atom is -0.387 e. The highest BCUT2D eigenvalue weighted by Crippen LogP contribution is 2.13. The molecule has 3 nitrogen and oxygen atoms in total. The summed E-state index contributed by atoms with van der Waals surface area (Å²) < 4.78 is 1.85. The Bertz CT molecular complexity index is 253. The predicted molar refractivity (Wildman–Crippen MR) is 47.9 cm³/mol. The molecule has 1 aromatic heterocycles. The van der Waals surface area contributed by atoms with Gasteiger partial charge in [0.1, 0.15) is 0 Å². The van der Waals surface area contributed by atoms with Gasteiger partial charge >= 0.3 is 0 Å². The molecule has 0 bridgehead atoms. The fourth-order valence-corrected chi connectivity index (χ4v) is 1.25. The molecule has 0 aliphatic carbocycles. The minimum absolute atomic E-state index is 0.419. The van der Waals surface area contributed by atoms with Crippen molar-refractivity contribution in [2.24, 2.45) is 0 Å². The van der Waals surface area contributed by atoms with Gasteiger partial charge in [-0.2, -0.15) is 5.10 Å². The smallest absolute Gasteiger partial charge is 0.0928 e. The van der Waals surface area contributed by atoms with E-state index in [1.54, 1.807) is 6.92 Å². The first kappa shape index (κ1) is 9.26. The van der Waals surface area contributed by atoms with Crippen LogP contribution in [0.3, 0.4) is 0 Å². The molecule has 0 aliphatic heterocycles. The topological polar surface area (TPSA) is 38.0 Å². The lowest BCUT2D eigenvalue weighted by Crippen LogP contribution is -2.05. The van der Waals surface area contributed by atoms with Gasteiger partial charge in [0.15, 0.2) is 0 Å². The molecule has 1 rings (SSSR count). The largest absolute Gasteiger partial charge is 0.387 e. The van der Waals surface area contributed by atoms with Gasteiger partial charge in [-0.1, -0.05) is 6.92 Å². The third-order valence-corrected chi connectivity index (χ3v) is 1.95. The summed E-state index contributed by atoms with van der Waals surface area (Å²) in [5.41, 5.74) is 1.96. The summed E-state index contributed by atoms with van der Waals surface area (Å²) >= 11 is 0. The lowest BCUT2D eigenvalue weighted by Gasteiger charge is -2.05. The summed E-state index contributed by atoms with van der Waals surface area (Å²) in [6.07, 6.45) is 0.505. The lowest BCUT2D eigenvalue weighted by atomic mass is 10.2. The molecule has 1 unspecified atom stereocenters. The van der Waals surface area contributed by atoms with Crippen LogP contribution in [0.1, 0.15) is 38.3 Å². The molecule has 0 spiro atoms. The van der Waals surface area contributed by atoms with Gasteiger partial charge in [-0.3, -0.25) is 4.68 Å². The predicted octanol–water partition coefficient (Wildman–Crippen LogP) is 1.52. The first-order valence-electron chi connectivity index (χ1n) is 4.43. The van der Waals surface area contributed by atoms with Crippen LogP contribution in [0.5, 0.6) is 0 Å². The maximum atomic E-state index is 9.38. The van der Waals surface area contributed by atoms with Gasteiger partial charge in [0.25, 0.3) is 0 Å². The summed E-state index contributed by atoms with van der Waals surface area (Å²) in [5.74, 6) is 0. The van der Waals surface area contributed by atoms with E-state index in [1.165, 1.54) is 0 Å². The Morgan fingerprint density at radius 1 is 1.58 bits per heavy atom. The Hall–Kier alpha value is -0.830. The van der Waals surface area contributed by atoms with Gasteiger partial charge in [-0.05, 0) is 26.3 Å². The summed E-state index contributed by atoms with van der Waals surface area (Å²) in [7, 11) is 0. The minimum atomic E-state index is -0.419. The van der Waals surface area contributed by atoms with Gasteiger partial charge in [-0.25, -0.2) is 0 Å². The second kappa shape index (κ2) is 3.72. The number of aliphatic hydroxyl groups excluding tert-OH is 1. The van der Waals surface area contributed by atoms with Crippen molar-refractivity contribution in [1.29, 1.82) is 0 Å². The van der Waals surface area contributed by atoms with Crippen molar-refractivity contribution in [2.75, 3.05) is 0 Å². The van der Waals surface area contributed by atoms with Gasteiger partial charge in [-0.15, -0.1) is 0 Å². The first-order valence-corrected chi connectivity index (χ1v) is 4.43. The Kier molecular flexibility index (Phi) is 2.87. The monoisotopic (exact) mass is 168 g/mol. The standard InChI is InChI=1S/C9H16N2O/c1-4-8-6-9(7(3)12)11(5-2)10-8/h6-7,12H,4-5H2,1-3H3. The van der Waals surface area contributed by atoms with E-state index < -0.39 is 6.10 Å². The molecule has 0 saturated carbocycles. The Morgan fingerprint density at radius 2 is 2.25 bits per heavy atom. The van der Waals surface area contributed by atoms with Crippen molar-refractivity contribution in [1.82, 2.24) is 9.78 Å². The number of hydrogen-bond donors (Lipinski definition) is 1. The SMILES string of the molecule is CCc1cc(C(C)O)n(CC)n1. The van der Waals surface area contributed by atoms with Crippen molar-refractivity contribution < 1.29 is 5.11 Å². The van der Waals surface area contributed by atoms with Crippen LogP contribution >= 0.6 is 0 Å². The lowest BCUT2D eigenvalue weighted by molar-refractivity contribution is 0.187. The molecule has 1 aromatic rings. The molecule has 12 heavy (non-hydrogen) atoms. The highest BCUT2D eigenvalue weighted by atomic mass is 16.3. The molecule has 0 aromatic carbocycles. The molecule has 0 radical (unpaired) electrons. The Balaban J connectivity index is 3.00. The van der Waals surface area contributed by atoms with E-state index in [-0.39, 0.29) is 0 Å². The van der Waals surface area contributed by atoms with Gasteiger partial charge < -0.3 is 5.11 Å². The second-order valence-electron chi connectivity index (χ2n) is 2.91. The molecule has 68 valence electrons. The normalized spacial score (nSPS) is 13.3. The molecule has 3 heteroatoms. The zero-order valence-electron chi connectivity index (χ0n) is 7.91. The number of nitrogens with zero attached hydrogens (tertiary/aromatic N) is 2. The summed E-state index contributed by atoms with van der Waals surface area (Å²) in [5, 5.41) is 13.7. The van der Waals surface area contributed by atoms with Gasteiger partial charge in [0.2, 0.25) is 0 Å². The molecule has 0 aliphatic rings. The number of rotatable bonds is 3. The third kappa shape index (κ3) is 1.67. The quantitative estimate of drug-likeness (QED) is 0.743. The fourth-order valence-electron chi connectivity index (χ4n) is 1.25. The number of aromatic nitrogens is 2. The molecule has 0 fully saturated rings. The van der Waals surface area contributed by atoms with Crippen molar-refractivity contribution >= 4 is 0 Å². The molecular formula is C9H16N2O. The molecule has 0 amide bonds. The maximum absolute atomic E-state index is 9.38. The number of hydrogen-bond acceptors (Lipinski definition) is 2. The Labute approximate surface area is 73.0 Å². The summed E-state index contributed by atoms with van der Waals surface area (Å²) in [6, 6.07) is 1.97. The van der Waals surface area contributed by atoms with Crippen LogP contribution in [-0.4, -0.2) is 14.9 Å². The maximum Gasteiger partial charge on any atom is 0.0928 e. The van der Waals surface area contributed by atoms with Crippen LogP contribution in [0, 0.1) is 0 Å². The molecule has 1 N–H and O–H groups in total. The van der Waals surface area contributed by atoms with Crippen LogP contribution in [0.15, 0.2) is 6.07 Å². The molecule has 1 heterocycles. The molecule has 1 atom stereocenters. The van der Waals surface area contributed by atoms with E-state index in [0.717, 1.165) is 24.4 Å². The highest BCUT2D eigenvalue weighted by Gasteiger charge is 2.09. The zero-order chi connectivity index (χ0) is 9.14. The van der Waals surface area contributed by atoms with Crippen LogP contribution in [0.25, 0.3) is 0 Å². The van der Waals surface area contributed by atoms with E-state index in [1.807, 2.05) is 17.7 Å². The van der Waals surface area contributed by atoms with Crippen molar-refractivity contribution in [3.8, 4) is 0 Å². The summed E-state index contributed by atoms with van der Waals surface area (Å²) in [6.45, 7) is 6.68. The van der Waals surface area contributed by atoms with Crippen molar-refractivity contribution in [2.45, 2.75) is 39.8 Å². The second-order valence-corrected chi connectivity index (χ2v) is 2.91. The van der Waals surface area contributed by atoms with E-state index in [2.05, 4.69) is 12.0 Å². The van der Waals surface area contributed by atoms with Crippen LogP contribution in [-0.2, 0) is 13.0 Å². The molecular weight excluding hydrogens is 152 g/mol. The first-order chi connectivity index (χ1) is 5.69. The van der Waals surface area contributed by atoms with E-state index in [4.69, 9.17) is 0 Å². The van der Waals surface area contributed by atoms with Gasteiger partial charge in [0.05, 0.1) is 17.5 Å².